The molecular formula is C14H21NO4S. The molecule has 20 heavy (non-hydrogen) atoms. The molecule has 1 N–H and O–H groups in total. The zero-order chi connectivity index (χ0) is 14.6. The Labute approximate surface area is 120 Å². The van der Waals surface area contributed by atoms with Gasteiger partial charge in [0, 0.05) is 19.3 Å². The van der Waals surface area contributed by atoms with Crippen LogP contribution >= 0.6 is 0 Å². The van der Waals surface area contributed by atoms with Crippen LogP contribution in [0.5, 0.6) is 5.75 Å². The molecule has 0 spiro atoms. The molecule has 112 valence electrons. The van der Waals surface area contributed by atoms with Crippen molar-refractivity contribution in [2.45, 2.75) is 43.7 Å². The van der Waals surface area contributed by atoms with E-state index in [1.165, 1.54) is 0 Å². The zero-order valence-corrected chi connectivity index (χ0v) is 12.7. The highest BCUT2D eigenvalue weighted by Crippen LogP contribution is 2.18. The third kappa shape index (κ3) is 4.19. The van der Waals surface area contributed by atoms with Gasteiger partial charge in [0.1, 0.15) is 5.75 Å². The highest BCUT2D eigenvalue weighted by atomic mass is 32.2. The van der Waals surface area contributed by atoms with Crippen molar-refractivity contribution in [1.82, 2.24) is 4.72 Å². The summed E-state index contributed by atoms with van der Waals surface area (Å²) in [5, 5.41) is 0. The van der Waals surface area contributed by atoms with Crippen LogP contribution < -0.4 is 9.46 Å². The molecule has 5 nitrogen and oxygen atoms in total. The van der Waals surface area contributed by atoms with Crippen molar-refractivity contribution < 1.29 is 17.9 Å². The number of benzene rings is 1. The topological polar surface area (TPSA) is 64.6 Å². The van der Waals surface area contributed by atoms with Crippen LogP contribution in [-0.2, 0) is 14.8 Å². The van der Waals surface area contributed by atoms with Gasteiger partial charge in [0.15, 0.2) is 0 Å². The van der Waals surface area contributed by atoms with Gasteiger partial charge in [-0.05, 0) is 51.0 Å². The minimum Gasteiger partial charge on any atom is -0.491 e. The van der Waals surface area contributed by atoms with E-state index in [1.807, 2.05) is 13.8 Å². The van der Waals surface area contributed by atoms with Gasteiger partial charge in [-0.2, -0.15) is 0 Å². The van der Waals surface area contributed by atoms with E-state index >= 15 is 0 Å². The molecule has 0 bridgehead atoms. The van der Waals surface area contributed by atoms with Crippen LogP contribution in [0.1, 0.15) is 26.7 Å². The molecule has 1 aliphatic rings. The molecule has 1 aromatic carbocycles. The molecule has 0 saturated carbocycles. The van der Waals surface area contributed by atoms with Crippen LogP contribution in [0.15, 0.2) is 29.2 Å². The molecule has 0 unspecified atom stereocenters. The number of rotatable bonds is 5. The summed E-state index contributed by atoms with van der Waals surface area (Å²) in [4.78, 5) is 0.264. The quantitative estimate of drug-likeness (QED) is 0.902. The summed E-state index contributed by atoms with van der Waals surface area (Å²) in [5.41, 5.74) is 0. The summed E-state index contributed by atoms with van der Waals surface area (Å²) in [7, 11) is -3.47. The number of hydrogen-bond donors (Lipinski definition) is 1. The first kappa shape index (κ1) is 15.3. The lowest BCUT2D eigenvalue weighted by atomic mass is 10.1. The lowest BCUT2D eigenvalue weighted by Crippen LogP contribution is -2.38. The van der Waals surface area contributed by atoms with Crippen LogP contribution in [0.2, 0.25) is 0 Å². The van der Waals surface area contributed by atoms with Crippen LogP contribution in [0.4, 0.5) is 0 Å². The summed E-state index contributed by atoms with van der Waals surface area (Å²) in [6.07, 6.45) is 1.50. The standard InChI is InChI=1S/C14H21NO4S/c1-11(2)19-13-3-5-14(6-4-13)20(16,17)15-12-7-9-18-10-8-12/h3-6,11-12,15H,7-10H2,1-2H3. The fourth-order valence-corrected chi connectivity index (χ4v) is 3.38. The Bertz CT molecular complexity index is 519. The number of sulfonamides is 1. The molecule has 0 atom stereocenters. The zero-order valence-electron chi connectivity index (χ0n) is 11.8. The van der Waals surface area contributed by atoms with E-state index in [9.17, 15) is 8.42 Å². The molecule has 6 heteroatoms. The molecule has 0 radical (unpaired) electrons. The second kappa shape index (κ2) is 6.56. The SMILES string of the molecule is CC(C)Oc1ccc(S(=O)(=O)NC2CCOCC2)cc1. The van der Waals surface area contributed by atoms with E-state index in [0.717, 1.165) is 0 Å². The number of hydrogen-bond acceptors (Lipinski definition) is 4. The van der Waals surface area contributed by atoms with Crippen LogP contribution in [0.25, 0.3) is 0 Å². The molecule has 0 amide bonds. The predicted molar refractivity (Wildman–Crippen MR) is 76.4 cm³/mol. The van der Waals surface area contributed by atoms with E-state index in [1.54, 1.807) is 24.3 Å². The van der Waals surface area contributed by atoms with Gasteiger partial charge in [-0.1, -0.05) is 0 Å². The van der Waals surface area contributed by atoms with Crippen LogP contribution in [-0.4, -0.2) is 33.8 Å². The van der Waals surface area contributed by atoms with Gasteiger partial charge < -0.3 is 9.47 Å². The Kier molecular flexibility index (Phi) is 5.01. The predicted octanol–water partition coefficient (Wildman–Crippen LogP) is 1.93. The second-order valence-electron chi connectivity index (χ2n) is 5.15. The Balaban J connectivity index is 2.04. The van der Waals surface area contributed by atoms with Gasteiger partial charge in [0.2, 0.25) is 10.0 Å². The maximum atomic E-state index is 12.2. The first-order valence-corrected chi connectivity index (χ1v) is 8.32. The average molecular weight is 299 g/mol. The van der Waals surface area contributed by atoms with Crippen molar-refractivity contribution in [3.05, 3.63) is 24.3 Å². The minimum atomic E-state index is -3.47. The Morgan fingerprint density at radius 3 is 2.35 bits per heavy atom. The summed E-state index contributed by atoms with van der Waals surface area (Å²) < 4.78 is 37.9. The molecule has 1 heterocycles. The van der Waals surface area contributed by atoms with Gasteiger partial charge in [0.25, 0.3) is 0 Å². The lowest BCUT2D eigenvalue weighted by Gasteiger charge is -2.23. The third-order valence-electron chi connectivity index (χ3n) is 3.05. The molecule has 1 aromatic rings. The Morgan fingerprint density at radius 1 is 1.20 bits per heavy atom. The second-order valence-corrected chi connectivity index (χ2v) is 6.86. The van der Waals surface area contributed by atoms with Gasteiger partial charge >= 0.3 is 0 Å². The van der Waals surface area contributed by atoms with Gasteiger partial charge in [0.05, 0.1) is 11.0 Å². The molecule has 1 fully saturated rings. The van der Waals surface area contributed by atoms with Gasteiger partial charge in [-0.25, -0.2) is 13.1 Å². The highest BCUT2D eigenvalue weighted by molar-refractivity contribution is 7.89. The third-order valence-corrected chi connectivity index (χ3v) is 4.59. The summed E-state index contributed by atoms with van der Waals surface area (Å²) >= 11 is 0. The van der Waals surface area contributed by atoms with E-state index < -0.39 is 10.0 Å². The summed E-state index contributed by atoms with van der Waals surface area (Å²) in [6, 6.07) is 6.45. The first-order valence-electron chi connectivity index (χ1n) is 6.84. The monoisotopic (exact) mass is 299 g/mol. The van der Waals surface area contributed by atoms with Crippen molar-refractivity contribution in [1.29, 1.82) is 0 Å². The largest absolute Gasteiger partial charge is 0.491 e. The molecule has 0 aromatic heterocycles. The first-order chi connectivity index (χ1) is 9.47. The number of nitrogens with one attached hydrogen (secondary N) is 1. The van der Waals surface area contributed by atoms with E-state index in [4.69, 9.17) is 9.47 Å². The minimum absolute atomic E-state index is 0.0414. The summed E-state index contributed by atoms with van der Waals surface area (Å²) in [5.74, 6) is 0.671. The molecule has 0 aliphatic carbocycles. The van der Waals surface area contributed by atoms with Gasteiger partial charge in [-0.3, -0.25) is 0 Å². The molecule has 1 saturated heterocycles. The van der Waals surface area contributed by atoms with Crippen molar-refractivity contribution >= 4 is 10.0 Å². The van der Waals surface area contributed by atoms with Crippen molar-refractivity contribution in [3.8, 4) is 5.75 Å². The van der Waals surface area contributed by atoms with Crippen LogP contribution in [0, 0.1) is 0 Å². The molecular weight excluding hydrogens is 278 g/mol. The Hall–Kier alpha value is -1.11. The smallest absolute Gasteiger partial charge is 0.240 e. The van der Waals surface area contributed by atoms with Gasteiger partial charge in [-0.15, -0.1) is 0 Å². The summed E-state index contributed by atoms with van der Waals surface area (Å²) in [6.45, 7) is 5.07. The van der Waals surface area contributed by atoms with Crippen LogP contribution in [0.3, 0.4) is 0 Å². The molecule has 1 aliphatic heterocycles. The average Bonchev–Trinajstić information content (AvgIpc) is 2.39. The van der Waals surface area contributed by atoms with E-state index in [0.29, 0.717) is 31.8 Å². The maximum absolute atomic E-state index is 12.2. The number of ether oxygens (including phenoxy) is 2. The van der Waals surface area contributed by atoms with E-state index in [-0.39, 0.29) is 17.0 Å². The van der Waals surface area contributed by atoms with Crippen molar-refractivity contribution in [2.24, 2.45) is 0 Å². The highest BCUT2D eigenvalue weighted by Gasteiger charge is 2.22. The fraction of sp³-hybridized carbons (Fsp3) is 0.571. The molecule has 2 rings (SSSR count). The van der Waals surface area contributed by atoms with Crippen molar-refractivity contribution in [3.63, 3.8) is 0 Å². The van der Waals surface area contributed by atoms with E-state index in [2.05, 4.69) is 4.72 Å². The van der Waals surface area contributed by atoms with Crippen molar-refractivity contribution in [2.75, 3.05) is 13.2 Å². The maximum Gasteiger partial charge on any atom is 0.240 e. The Morgan fingerprint density at radius 2 is 1.80 bits per heavy atom. The fourth-order valence-electron chi connectivity index (χ4n) is 2.07. The normalized spacial score (nSPS) is 17.4. The lowest BCUT2D eigenvalue weighted by molar-refractivity contribution is 0.0832.